The number of carbonyl (C=O) groups excluding carboxylic acids is 1. The largest absolute Gasteiger partial charge is 0.508 e. The predicted octanol–water partition coefficient (Wildman–Crippen LogP) is 2.95. The van der Waals surface area contributed by atoms with Crippen LogP contribution in [0.3, 0.4) is 0 Å². The molecule has 1 aliphatic carbocycles. The number of phenols is 1. The number of carbonyl (C=O) groups is 1. The van der Waals surface area contributed by atoms with E-state index in [2.05, 4.69) is 22.0 Å². The van der Waals surface area contributed by atoms with Gasteiger partial charge in [0.25, 0.3) is 0 Å². The van der Waals surface area contributed by atoms with Gasteiger partial charge in [0.05, 0.1) is 25.4 Å². The normalized spacial score (nSPS) is 32.0. The van der Waals surface area contributed by atoms with Crippen LogP contribution < -0.4 is 5.32 Å². The third kappa shape index (κ3) is 3.25. The molecule has 0 spiro atoms. The molecule has 3 saturated heterocycles. The van der Waals surface area contributed by atoms with Crippen molar-refractivity contribution in [1.82, 2.24) is 19.7 Å². The second-order valence-electron chi connectivity index (χ2n) is 10.1. The molecule has 1 aromatic carbocycles. The van der Waals surface area contributed by atoms with Crippen LogP contribution >= 0.6 is 0 Å². The van der Waals surface area contributed by atoms with E-state index in [1.54, 1.807) is 6.07 Å². The van der Waals surface area contributed by atoms with Crippen LogP contribution in [0.1, 0.15) is 43.4 Å². The van der Waals surface area contributed by atoms with Gasteiger partial charge in [-0.15, -0.1) is 0 Å². The molecule has 7 rings (SSSR count). The van der Waals surface area contributed by atoms with E-state index in [1.165, 1.54) is 37.1 Å². The number of morpholine rings is 1. The molecule has 5 atom stereocenters. The molecule has 2 aromatic rings. The number of ether oxygens (including phenoxy) is 1. The monoisotopic (exact) mass is 438 g/mol. The summed E-state index contributed by atoms with van der Waals surface area (Å²) in [5.74, 6) is 2.08. The van der Waals surface area contributed by atoms with Gasteiger partial charge in [-0.25, -0.2) is 4.79 Å². The molecule has 4 aliphatic heterocycles. The van der Waals surface area contributed by atoms with Gasteiger partial charge in [-0.2, -0.15) is 0 Å². The standard InChI is InChI=1S/C25H34N4O3/c1-2-17-11-16-12-21-23(17)28(14-16)6-5-19-20-13-18(30)3-4-22(20)29(24(19)21)25(31)26-15-27-7-9-32-10-8-27/h3-4,13,16-17,21,23,30H,2,5-12,14-15H2,1H3,(H,26,31)/t16-,17-,21+,23?/m0/s1. The van der Waals surface area contributed by atoms with Crippen molar-refractivity contribution in [3.05, 3.63) is 29.5 Å². The van der Waals surface area contributed by atoms with Crippen molar-refractivity contribution in [3.63, 3.8) is 0 Å². The zero-order chi connectivity index (χ0) is 21.8. The van der Waals surface area contributed by atoms with Gasteiger partial charge in [-0.1, -0.05) is 13.3 Å². The molecule has 0 radical (unpaired) electrons. The first-order chi connectivity index (χ1) is 15.6. The number of rotatable bonds is 3. The molecular formula is C25H34N4O3. The molecule has 5 aliphatic rings. The van der Waals surface area contributed by atoms with Crippen LogP contribution in [0.4, 0.5) is 4.79 Å². The summed E-state index contributed by atoms with van der Waals surface area (Å²) >= 11 is 0. The molecule has 7 nitrogen and oxygen atoms in total. The van der Waals surface area contributed by atoms with Crippen LogP contribution in [0.15, 0.2) is 18.2 Å². The summed E-state index contributed by atoms with van der Waals surface area (Å²) in [5.41, 5.74) is 3.41. The van der Waals surface area contributed by atoms with Crippen LogP contribution in [-0.2, 0) is 11.2 Å². The number of nitrogens with zero attached hydrogens (tertiary/aromatic N) is 3. The molecule has 1 saturated carbocycles. The van der Waals surface area contributed by atoms with Gasteiger partial charge in [0.2, 0.25) is 0 Å². The number of piperidine rings is 2. The summed E-state index contributed by atoms with van der Waals surface area (Å²) < 4.78 is 7.41. The Morgan fingerprint density at radius 1 is 1.22 bits per heavy atom. The highest BCUT2D eigenvalue weighted by atomic mass is 16.5. The number of benzene rings is 1. The van der Waals surface area contributed by atoms with Gasteiger partial charge >= 0.3 is 6.03 Å². The number of nitrogens with one attached hydrogen (secondary N) is 1. The van der Waals surface area contributed by atoms with Crippen molar-refractivity contribution in [1.29, 1.82) is 0 Å². The van der Waals surface area contributed by atoms with Crippen LogP contribution in [0.5, 0.6) is 5.75 Å². The van der Waals surface area contributed by atoms with Gasteiger partial charge in [0, 0.05) is 49.2 Å². The number of phenolic OH excluding ortho intramolecular Hbond substituents is 1. The van der Waals surface area contributed by atoms with Crippen molar-refractivity contribution in [2.24, 2.45) is 11.8 Å². The SMILES string of the molecule is CC[C@H]1C[C@H]2C[C@H]3c4c(c5cc(O)ccc5n4C(=O)NCN4CCOCC4)CCN(C2)C13. The van der Waals surface area contributed by atoms with Gasteiger partial charge in [0.1, 0.15) is 5.75 Å². The lowest BCUT2D eigenvalue weighted by molar-refractivity contribution is -0.0139. The van der Waals surface area contributed by atoms with Crippen LogP contribution in [-0.4, -0.2) is 77.6 Å². The van der Waals surface area contributed by atoms with Crippen molar-refractivity contribution >= 4 is 16.9 Å². The second-order valence-corrected chi connectivity index (χ2v) is 10.1. The summed E-state index contributed by atoms with van der Waals surface area (Å²) in [7, 11) is 0. The molecule has 1 amide bonds. The van der Waals surface area contributed by atoms with Gasteiger partial charge < -0.3 is 15.2 Å². The molecule has 32 heavy (non-hydrogen) atoms. The number of fused-ring (bicyclic) bond motifs is 4. The number of aromatic nitrogens is 1. The lowest BCUT2D eigenvalue weighted by atomic mass is 9.65. The number of aromatic hydroxyl groups is 1. The summed E-state index contributed by atoms with van der Waals surface area (Å²) in [5, 5.41) is 14.5. The molecule has 4 bridgehead atoms. The molecule has 172 valence electrons. The van der Waals surface area contributed by atoms with Gasteiger partial charge in [0.15, 0.2) is 0 Å². The first kappa shape index (κ1) is 20.5. The summed E-state index contributed by atoms with van der Waals surface area (Å²) in [6.45, 7) is 8.24. The van der Waals surface area contributed by atoms with Gasteiger partial charge in [-0.3, -0.25) is 14.4 Å². The minimum absolute atomic E-state index is 0.0450. The van der Waals surface area contributed by atoms with E-state index in [-0.39, 0.29) is 11.8 Å². The minimum atomic E-state index is -0.0450. The maximum Gasteiger partial charge on any atom is 0.327 e. The van der Waals surface area contributed by atoms with Crippen molar-refractivity contribution in [3.8, 4) is 5.75 Å². The fourth-order valence-electron chi connectivity index (χ4n) is 7.08. The second kappa shape index (κ2) is 8.04. The first-order valence-electron chi connectivity index (χ1n) is 12.3. The zero-order valence-corrected chi connectivity index (χ0v) is 18.9. The maximum atomic E-state index is 13.7. The molecule has 5 heterocycles. The Morgan fingerprint density at radius 3 is 2.88 bits per heavy atom. The topological polar surface area (TPSA) is 70.0 Å². The predicted molar refractivity (Wildman–Crippen MR) is 123 cm³/mol. The number of hydrogen-bond acceptors (Lipinski definition) is 5. The van der Waals surface area contributed by atoms with E-state index < -0.39 is 0 Å². The van der Waals surface area contributed by atoms with E-state index >= 15 is 0 Å². The van der Waals surface area contributed by atoms with Gasteiger partial charge in [-0.05, 0) is 54.9 Å². The Bertz CT molecular complexity index is 1030. The third-order valence-corrected chi connectivity index (χ3v) is 8.41. The molecule has 2 unspecified atom stereocenters. The lowest BCUT2D eigenvalue weighted by Crippen LogP contribution is -2.56. The maximum absolute atomic E-state index is 13.7. The highest BCUT2D eigenvalue weighted by molar-refractivity contribution is 5.96. The average Bonchev–Trinajstić information content (AvgIpc) is 3.09. The highest BCUT2D eigenvalue weighted by Crippen LogP contribution is 2.52. The number of hydrogen-bond donors (Lipinski definition) is 2. The molecular weight excluding hydrogens is 404 g/mol. The van der Waals surface area contributed by atoms with Crippen molar-refractivity contribution in [2.45, 2.75) is 44.6 Å². The smallest absolute Gasteiger partial charge is 0.327 e. The molecule has 7 heteroatoms. The summed E-state index contributed by atoms with van der Waals surface area (Å²) in [6, 6.07) is 5.97. The fraction of sp³-hybridized carbons (Fsp3) is 0.640. The Balaban J connectivity index is 1.42. The molecule has 4 fully saturated rings. The number of amides is 1. The Morgan fingerprint density at radius 2 is 2.06 bits per heavy atom. The minimum Gasteiger partial charge on any atom is -0.508 e. The fourth-order valence-corrected chi connectivity index (χ4v) is 7.08. The zero-order valence-electron chi connectivity index (χ0n) is 18.9. The first-order valence-corrected chi connectivity index (χ1v) is 12.3. The summed E-state index contributed by atoms with van der Waals surface area (Å²) in [4.78, 5) is 18.6. The summed E-state index contributed by atoms with van der Waals surface area (Å²) in [6.07, 6.45) is 4.64. The van der Waals surface area contributed by atoms with Crippen molar-refractivity contribution < 1.29 is 14.6 Å². The van der Waals surface area contributed by atoms with Crippen LogP contribution in [0, 0.1) is 11.8 Å². The van der Waals surface area contributed by atoms with E-state index in [4.69, 9.17) is 4.74 Å². The molecule has 2 N–H and O–H groups in total. The van der Waals surface area contributed by atoms with E-state index in [1.807, 2.05) is 16.7 Å². The Labute approximate surface area is 189 Å². The van der Waals surface area contributed by atoms with E-state index in [9.17, 15) is 9.90 Å². The quantitative estimate of drug-likeness (QED) is 0.771. The average molecular weight is 439 g/mol. The van der Waals surface area contributed by atoms with E-state index in [0.717, 1.165) is 56.1 Å². The lowest BCUT2D eigenvalue weighted by Gasteiger charge is -2.53. The van der Waals surface area contributed by atoms with Crippen molar-refractivity contribution in [2.75, 3.05) is 46.1 Å². The Hall–Kier alpha value is -2.09. The van der Waals surface area contributed by atoms with Crippen LogP contribution in [0.25, 0.3) is 10.9 Å². The Kier molecular flexibility index (Phi) is 5.16. The van der Waals surface area contributed by atoms with Crippen LogP contribution in [0.2, 0.25) is 0 Å². The molecule has 1 aromatic heterocycles. The third-order valence-electron chi connectivity index (χ3n) is 8.41. The van der Waals surface area contributed by atoms with E-state index in [0.29, 0.717) is 24.5 Å². The highest BCUT2D eigenvalue weighted by Gasteiger charge is 2.49.